The lowest BCUT2D eigenvalue weighted by Crippen LogP contribution is -2.57. The van der Waals surface area contributed by atoms with E-state index in [-0.39, 0.29) is 17.5 Å². The molecule has 2 atom stereocenters. The summed E-state index contributed by atoms with van der Waals surface area (Å²) < 4.78 is 13.1. The lowest BCUT2D eigenvalue weighted by Gasteiger charge is -2.46. The third-order valence-corrected chi connectivity index (χ3v) is 6.05. The summed E-state index contributed by atoms with van der Waals surface area (Å²) in [6, 6.07) is 17.2. The van der Waals surface area contributed by atoms with Gasteiger partial charge in [0.2, 0.25) is 0 Å². The van der Waals surface area contributed by atoms with Crippen LogP contribution < -0.4 is 0 Å². The molecule has 2 aliphatic rings. The van der Waals surface area contributed by atoms with Crippen LogP contribution in [-0.4, -0.2) is 54.3 Å². The number of Topliss-reactive ketones (excluding diaryl/α,β-unsaturated/α-hetero) is 1. The fourth-order valence-electron chi connectivity index (χ4n) is 4.44. The molecule has 2 aromatic carbocycles. The molecule has 2 heterocycles. The maximum absolute atomic E-state index is 13.1. The number of rotatable bonds is 5. The standard InChI is InChI=1S/C23H27FN2O/c24-21-9-6-19(7-10-21)23(27)20-8-11-22-17-25(14-15-26(22)16-20)13-12-18-4-2-1-3-5-18/h1-7,9-10,20,22H,8,11-17H2/t20-,22+/m1/s1. The lowest BCUT2D eigenvalue weighted by molar-refractivity contribution is 0.0280. The molecule has 0 spiro atoms. The normalized spacial score (nSPS) is 23.7. The SMILES string of the molecule is O=C(c1ccc(F)cc1)[C@@H]1CC[C@H]2CN(CCc3ccccc3)CCN2C1. The second kappa shape index (κ2) is 8.32. The molecule has 142 valence electrons. The molecule has 4 rings (SSSR count). The zero-order valence-corrected chi connectivity index (χ0v) is 15.7. The first kappa shape index (κ1) is 18.3. The van der Waals surface area contributed by atoms with Crippen LogP contribution in [0.5, 0.6) is 0 Å². The van der Waals surface area contributed by atoms with Crippen molar-refractivity contribution < 1.29 is 9.18 Å². The van der Waals surface area contributed by atoms with Gasteiger partial charge in [0.15, 0.2) is 5.78 Å². The lowest BCUT2D eigenvalue weighted by atomic mass is 9.86. The summed E-state index contributed by atoms with van der Waals surface area (Å²) in [7, 11) is 0. The largest absolute Gasteiger partial charge is 0.300 e. The van der Waals surface area contributed by atoms with Gasteiger partial charge in [-0.25, -0.2) is 4.39 Å². The molecule has 4 heteroatoms. The van der Waals surface area contributed by atoms with E-state index in [0.717, 1.165) is 52.0 Å². The van der Waals surface area contributed by atoms with E-state index < -0.39 is 0 Å². The molecule has 2 aromatic rings. The Morgan fingerprint density at radius 3 is 2.52 bits per heavy atom. The number of hydrogen-bond donors (Lipinski definition) is 0. The van der Waals surface area contributed by atoms with Gasteiger partial charge in [-0.15, -0.1) is 0 Å². The summed E-state index contributed by atoms with van der Waals surface area (Å²) in [5, 5.41) is 0. The first-order valence-electron chi connectivity index (χ1n) is 9.99. The summed E-state index contributed by atoms with van der Waals surface area (Å²) in [6.45, 7) is 5.15. The minimum atomic E-state index is -0.290. The quantitative estimate of drug-likeness (QED) is 0.755. The van der Waals surface area contributed by atoms with E-state index in [2.05, 4.69) is 40.1 Å². The predicted molar refractivity (Wildman–Crippen MR) is 105 cm³/mol. The maximum Gasteiger partial charge on any atom is 0.167 e. The summed E-state index contributed by atoms with van der Waals surface area (Å²) in [4.78, 5) is 17.8. The summed E-state index contributed by atoms with van der Waals surface area (Å²) >= 11 is 0. The minimum Gasteiger partial charge on any atom is -0.300 e. The molecule has 0 N–H and O–H groups in total. The van der Waals surface area contributed by atoms with E-state index in [4.69, 9.17) is 0 Å². The molecule has 2 fully saturated rings. The van der Waals surface area contributed by atoms with Crippen molar-refractivity contribution in [3.8, 4) is 0 Å². The first-order valence-corrected chi connectivity index (χ1v) is 9.99. The number of piperazine rings is 1. The molecule has 3 nitrogen and oxygen atoms in total. The number of benzene rings is 2. The van der Waals surface area contributed by atoms with E-state index in [9.17, 15) is 9.18 Å². The summed E-state index contributed by atoms with van der Waals surface area (Å²) in [5.41, 5.74) is 2.04. The van der Waals surface area contributed by atoms with Crippen LogP contribution >= 0.6 is 0 Å². The highest BCUT2D eigenvalue weighted by atomic mass is 19.1. The molecule has 0 aliphatic carbocycles. The van der Waals surface area contributed by atoms with Crippen LogP contribution in [0.4, 0.5) is 4.39 Å². The third-order valence-electron chi connectivity index (χ3n) is 6.05. The Balaban J connectivity index is 1.29. The van der Waals surface area contributed by atoms with Crippen LogP contribution in [0.1, 0.15) is 28.8 Å². The van der Waals surface area contributed by atoms with Crippen molar-refractivity contribution in [2.75, 3.05) is 32.7 Å². The number of halogens is 1. The van der Waals surface area contributed by atoms with Gasteiger partial charge in [0.1, 0.15) is 5.82 Å². The van der Waals surface area contributed by atoms with E-state index in [1.807, 2.05) is 0 Å². The van der Waals surface area contributed by atoms with E-state index in [0.29, 0.717) is 11.6 Å². The smallest absolute Gasteiger partial charge is 0.167 e. The minimum absolute atomic E-state index is 0.0441. The Hall–Kier alpha value is -2.04. The third kappa shape index (κ3) is 4.45. The molecule has 27 heavy (non-hydrogen) atoms. The predicted octanol–water partition coefficient (Wildman–Crippen LogP) is 3.65. The van der Waals surface area contributed by atoms with Crippen LogP contribution in [0.15, 0.2) is 54.6 Å². The van der Waals surface area contributed by atoms with Gasteiger partial charge >= 0.3 is 0 Å². The Bertz CT molecular complexity index is 762. The molecular weight excluding hydrogens is 339 g/mol. The number of nitrogens with zero attached hydrogens (tertiary/aromatic N) is 2. The van der Waals surface area contributed by atoms with Crippen LogP contribution in [0.2, 0.25) is 0 Å². The molecule has 0 unspecified atom stereocenters. The van der Waals surface area contributed by atoms with Gasteiger partial charge in [0, 0.05) is 50.2 Å². The van der Waals surface area contributed by atoms with Crippen LogP contribution in [0, 0.1) is 11.7 Å². The Morgan fingerprint density at radius 2 is 1.74 bits per heavy atom. The highest BCUT2D eigenvalue weighted by molar-refractivity contribution is 5.98. The molecule has 0 saturated carbocycles. The Labute approximate surface area is 160 Å². The van der Waals surface area contributed by atoms with Crippen molar-refractivity contribution in [2.45, 2.75) is 25.3 Å². The molecule has 2 aliphatic heterocycles. The van der Waals surface area contributed by atoms with Crippen molar-refractivity contribution >= 4 is 5.78 Å². The second-order valence-electron chi connectivity index (χ2n) is 7.83. The zero-order chi connectivity index (χ0) is 18.6. The van der Waals surface area contributed by atoms with Gasteiger partial charge in [0.05, 0.1) is 0 Å². The fourth-order valence-corrected chi connectivity index (χ4v) is 4.44. The van der Waals surface area contributed by atoms with Gasteiger partial charge in [-0.1, -0.05) is 30.3 Å². The van der Waals surface area contributed by atoms with E-state index in [1.54, 1.807) is 12.1 Å². The number of fused-ring (bicyclic) bond motifs is 1. The van der Waals surface area contributed by atoms with Gasteiger partial charge in [0.25, 0.3) is 0 Å². The fraction of sp³-hybridized carbons (Fsp3) is 0.435. The number of hydrogen-bond acceptors (Lipinski definition) is 3. The zero-order valence-electron chi connectivity index (χ0n) is 15.7. The second-order valence-corrected chi connectivity index (χ2v) is 7.83. The van der Waals surface area contributed by atoms with Crippen molar-refractivity contribution in [3.05, 3.63) is 71.5 Å². The van der Waals surface area contributed by atoms with Gasteiger partial charge in [-0.05, 0) is 49.1 Å². The maximum atomic E-state index is 13.1. The van der Waals surface area contributed by atoms with Gasteiger partial charge < -0.3 is 4.90 Å². The molecule has 0 bridgehead atoms. The topological polar surface area (TPSA) is 23.6 Å². The summed E-state index contributed by atoms with van der Waals surface area (Å²) in [5.74, 6) is -0.0792. The van der Waals surface area contributed by atoms with Crippen LogP contribution in [0.25, 0.3) is 0 Å². The highest BCUT2D eigenvalue weighted by Gasteiger charge is 2.35. The van der Waals surface area contributed by atoms with Gasteiger partial charge in [-0.3, -0.25) is 9.69 Å². The molecule has 0 amide bonds. The first-order chi connectivity index (χ1) is 13.2. The van der Waals surface area contributed by atoms with Crippen LogP contribution in [-0.2, 0) is 6.42 Å². The van der Waals surface area contributed by atoms with E-state index in [1.165, 1.54) is 17.7 Å². The number of ketones is 1. The number of carbonyl (C=O) groups is 1. The number of carbonyl (C=O) groups excluding carboxylic acids is 1. The van der Waals surface area contributed by atoms with Crippen molar-refractivity contribution in [2.24, 2.45) is 5.92 Å². The Kier molecular flexibility index (Phi) is 5.65. The average molecular weight is 366 g/mol. The number of piperidine rings is 1. The Morgan fingerprint density at radius 1 is 0.963 bits per heavy atom. The van der Waals surface area contributed by atoms with Crippen molar-refractivity contribution in [1.82, 2.24) is 9.80 Å². The van der Waals surface area contributed by atoms with E-state index >= 15 is 0 Å². The van der Waals surface area contributed by atoms with Crippen molar-refractivity contribution in [3.63, 3.8) is 0 Å². The van der Waals surface area contributed by atoms with Crippen molar-refractivity contribution in [1.29, 1.82) is 0 Å². The monoisotopic (exact) mass is 366 g/mol. The van der Waals surface area contributed by atoms with Crippen LogP contribution in [0.3, 0.4) is 0 Å². The average Bonchev–Trinajstić information content (AvgIpc) is 2.72. The molecule has 0 radical (unpaired) electrons. The van der Waals surface area contributed by atoms with Gasteiger partial charge in [-0.2, -0.15) is 0 Å². The molecule has 0 aromatic heterocycles. The highest BCUT2D eigenvalue weighted by Crippen LogP contribution is 2.27. The molecule has 2 saturated heterocycles. The summed E-state index contributed by atoms with van der Waals surface area (Å²) in [6.07, 6.45) is 3.10. The molecular formula is C23H27FN2O.